The summed E-state index contributed by atoms with van der Waals surface area (Å²) >= 11 is 12.1. The van der Waals surface area contributed by atoms with Crippen LogP contribution in [-0.2, 0) is 19.5 Å². The van der Waals surface area contributed by atoms with Gasteiger partial charge in [0, 0.05) is 12.2 Å². The molecule has 0 radical (unpaired) electrons. The molecular formula is C14H16Cl2FN3. The molecule has 1 N–H and O–H groups in total. The fourth-order valence-electron chi connectivity index (χ4n) is 1.98. The van der Waals surface area contributed by atoms with E-state index in [0.29, 0.717) is 11.6 Å². The second-order valence-electron chi connectivity index (χ2n) is 4.36. The standard InChI is InChI=1S/C14H16Cl2FN3/c1-3-12-14(16)13(20(4-2)19-12)8-18-9-5-6-11(17)10(15)7-9/h5-7,18H,3-4,8H2,1-2H3. The summed E-state index contributed by atoms with van der Waals surface area (Å²) in [5.41, 5.74) is 2.56. The number of nitrogens with one attached hydrogen (secondary N) is 1. The van der Waals surface area contributed by atoms with Crippen LogP contribution in [0.4, 0.5) is 10.1 Å². The number of benzene rings is 1. The maximum Gasteiger partial charge on any atom is 0.141 e. The van der Waals surface area contributed by atoms with Crippen LogP contribution in [0.25, 0.3) is 0 Å². The van der Waals surface area contributed by atoms with Crippen LogP contribution in [0, 0.1) is 5.82 Å². The van der Waals surface area contributed by atoms with Crippen molar-refractivity contribution in [1.29, 1.82) is 0 Å². The van der Waals surface area contributed by atoms with Gasteiger partial charge in [-0.15, -0.1) is 0 Å². The van der Waals surface area contributed by atoms with Gasteiger partial charge in [-0.3, -0.25) is 4.68 Å². The minimum atomic E-state index is -0.429. The zero-order chi connectivity index (χ0) is 14.7. The summed E-state index contributed by atoms with van der Waals surface area (Å²) in [6, 6.07) is 4.53. The third-order valence-corrected chi connectivity index (χ3v) is 3.80. The van der Waals surface area contributed by atoms with E-state index < -0.39 is 5.82 Å². The molecule has 2 rings (SSSR count). The molecule has 0 unspecified atom stereocenters. The molecule has 1 aromatic carbocycles. The minimum Gasteiger partial charge on any atom is -0.379 e. The highest BCUT2D eigenvalue weighted by molar-refractivity contribution is 6.32. The van der Waals surface area contributed by atoms with Gasteiger partial charge < -0.3 is 5.32 Å². The Morgan fingerprint density at radius 2 is 2.05 bits per heavy atom. The highest BCUT2D eigenvalue weighted by Crippen LogP contribution is 2.24. The Hall–Kier alpha value is -1.26. The van der Waals surface area contributed by atoms with Gasteiger partial charge in [0.15, 0.2) is 0 Å². The second-order valence-corrected chi connectivity index (χ2v) is 5.14. The number of aryl methyl sites for hydroxylation is 2. The topological polar surface area (TPSA) is 29.9 Å². The Bertz CT molecular complexity index is 611. The molecule has 1 heterocycles. The van der Waals surface area contributed by atoms with E-state index in [2.05, 4.69) is 10.4 Å². The van der Waals surface area contributed by atoms with E-state index in [0.717, 1.165) is 30.0 Å². The molecule has 1 aromatic heterocycles. The van der Waals surface area contributed by atoms with Crippen LogP contribution in [-0.4, -0.2) is 9.78 Å². The minimum absolute atomic E-state index is 0.0966. The molecule has 2 aromatic rings. The van der Waals surface area contributed by atoms with Crippen LogP contribution in [0.5, 0.6) is 0 Å². The van der Waals surface area contributed by atoms with Crippen LogP contribution in [0.3, 0.4) is 0 Å². The van der Waals surface area contributed by atoms with E-state index in [9.17, 15) is 4.39 Å². The molecule has 6 heteroatoms. The third-order valence-electron chi connectivity index (χ3n) is 3.07. The summed E-state index contributed by atoms with van der Waals surface area (Å²) in [4.78, 5) is 0. The Balaban J connectivity index is 2.17. The van der Waals surface area contributed by atoms with Gasteiger partial charge >= 0.3 is 0 Å². The van der Waals surface area contributed by atoms with Gasteiger partial charge in [0.25, 0.3) is 0 Å². The first-order valence-corrected chi connectivity index (χ1v) is 7.25. The average Bonchev–Trinajstić information content (AvgIpc) is 2.76. The second kappa shape index (κ2) is 6.46. The van der Waals surface area contributed by atoms with Gasteiger partial charge in [0.2, 0.25) is 0 Å². The number of anilines is 1. The van der Waals surface area contributed by atoms with Crippen LogP contribution >= 0.6 is 23.2 Å². The molecule has 0 saturated heterocycles. The van der Waals surface area contributed by atoms with E-state index in [-0.39, 0.29) is 5.02 Å². The van der Waals surface area contributed by atoms with Crippen LogP contribution in [0.1, 0.15) is 25.2 Å². The maximum atomic E-state index is 13.1. The quantitative estimate of drug-likeness (QED) is 0.879. The molecule has 3 nitrogen and oxygen atoms in total. The van der Waals surface area contributed by atoms with Gasteiger partial charge in [-0.1, -0.05) is 30.1 Å². The van der Waals surface area contributed by atoms with Crippen molar-refractivity contribution in [3.8, 4) is 0 Å². The fraction of sp³-hybridized carbons (Fsp3) is 0.357. The Morgan fingerprint density at radius 3 is 2.65 bits per heavy atom. The lowest BCUT2D eigenvalue weighted by Gasteiger charge is -2.09. The average molecular weight is 316 g/mol. The summed E-state index contributed by atoms with van der Waals surface area (Å²) < 4.78 is 15.0. The largest absolute Gasteiger partial charge is 0.379 e. The van der Waals surface area contributed by atoms with E-state index in [1.165, 1.54) is 6.07 Å². The SMILES string of the molecule is CCc1nn(CC)c(CNc2ccc(F)c(Cl)c2)c1Cl. The van der Waals surface area contributed by atoms with Crippen molar-refractivity contribution in [3.05, 3.63) is 45.4 Å². The number of aromatic nitrogens is 2. The molecular weight excluding hydrogens is 300 g/mol. The predicted octanol–water partition coefficient (Wildman–Crippen LogP) is 4.52. The van der Waals surface area contributed by atoms with Gasteiger partial charge in [0.1, 0.15) is 5.82 Å². The van der Waals surface area contributed by atoms with Gasteiger partial charge in [0.05, 0.1) is 28.0 Å². The Kier molecular flexibility index (Phi) is 4.89. The van der Waals surface area contributed by atoms with E-state index >= 15 is 0 Å². The summed E-state index contributed by atoms with van der Waals surface area (Å²) in [6.07, 6.45) is 0.793. The molecule has 20 heavy (non-hydrogen) atoms. The summed E-state index contributed by atoms with van der Waals surface area (Å²) in [5.74, 6) is -0.429. The molecule has 0 atom stereocenters. The zero-order valence-corrected chi connectivity index (χ0v) is 12.9. The van der Waals surface area contributed by atoms with Crippen molar-refractivity contribution in [3.63, 3.8) is 0 Å². The van der Waals surface area contributed by atoms with Gasteiger partial charge in [-0.2, -0.15) is 5.10 Å². The highest BCUT2D eigenvalue weighted by atomic mass is 35.5. The molecule has 0 bridgehead atoms. The molecule has 108 valence electrons. The molecule has 0 aliphatic heterocycles. The smallest absolute Gasteiger partial charge is 0.141 e. The normalized spacial score (nSPS) is 10.8. The molecule has 0 amide bonds. The first-order valence-electron chi connectivity index (χ1n) is 6.49. The summed E-state index contributed by atoms with van der Waals surface area (Å²) in [5, 5.41) is 8.42. The maximum absolute atomic E-state index is 13.1. The van der Waals surface area contributed by atoms with E-state index in [4.69, 9.17) is 23.2 Å². The number of hydrogen-bond acceptors (Lipinski definition) is 2. The monoisotopic (exact) mass is 315 g/mol. The lowest BCUT2D eigenvalue weighted by Crippen LogP contribution is -2.08. The van der Waals surface area contributed by atoms with Gasteiger partial charge in [-0.05, 0) is 31.5 Å². The van der Waals surface area contributed by atoms with Crippen molar-refractivity contribution >= 4 is 28.9 Å². The molecule has 0 fully saturated rings. The lowest BCUT2D eigenvalue weighted by molar-refractivity contribution is 0.619. The summed E-state index contributed by atoms with van der Waals surface area (Å²) in [6.45, 7) is 5.30. The van der Waals surface area contributed by atoms with Crippen molar-refractivity contribution in [2.45, 2.75) is 33.4 Å². The van der Waals surface area contributed by atoms with Crippen LogP contribution in [0.15, 0.2) is 18.2 Å². The van der Waals surface area contributed by atoms with Crippen LogP contribution < -0.4 is 5.32 Å². The fourth-order valence-corrected chi connectivity index (χ4v) is 2.49. The predicted molar refractivity (Wildman–Crippen MR) is 81.0 cm³/mol. The molecule has 0 aliphatic carbocycles. The Labute approximate surface area is 127 Å². The Morgan fingerprint density at radius 1 is 1.30 bits per heavy atom. The highest BCUT2D eigenvalue weighted by Gasteiger charge is 2.14. The third kappa shape index (κ3) is 3.07. The van der Waals surface area contributed by atoms with Crippen molar-refractivity contribution in [2.24, 2.45) is 0 Å². The van der Waals surface area contributed by atoms with Gasteiger partial charge in [-0.25, -0.2) is 4.39 Å². The van der Waals surface area contributed by atoms with Crippen LogP contribution in [0.2, 0.25) is 10.0 Å². The number of rotatable bonds is 5. The summed E-state index contributed by atoms with van der Waals surface area (Å²) in [7, 11) is 0. The van der Waals surface area contributed by atoms with Crippen molar-refractivity contribution in [2.75, 3.05) is 5.32 Å². The first-order chi connectivity index (χ1) is 9.56. The number of halogens is 3. The number of hydrogen-bond donors (Lipinski definition) is 1. The van der Waals surface area contributed by atoms with Crippen molar-refractivity contribution < 1.29 is 4.39 Å². The van der Waals surface area contributed by atoms with E-state index in [1.807, 2.05) is 18.5 Å². The number of nitrogens with zero attached hydrogens (tertiary/aromatic N) is 2. The van der Waals surface area contributed by atoms with E-state index in [1.54, 1.807) is 12.1 Å². The molecule has 0 spiro atoms. The first kappa shape index (κ1) is 15.1. The zero-order valence-electron chi connectivity index (χ0n) is 11.4. The molecule has 0 saturated carbocycles. The lowest BCUT2D eigenvalue weighted by atomic mass is 10.2. The molecule has 0 aliphatic rings. The van der Waals surface area contributed by atoms with Crippen molar-refractivity contribution in [1.82, 2.24) is 9.78 Å².